The highest BCUT2D eigenvalue weighted by Gasteiger charge is 2.16. The molecular weight excluding hydrogens is 468 g/mol. The summed E-state index contributed by atoms with van der Waals surface area (Å²) in [4.78, 5) is 25.1. The molecule has 5 nitrogen and oxygen atoms in total. The van der Waals surface area contributed by atoms with Gasteiger partial charge in [-0.15, -0.1) is 0 Å². The number of benzene rings is 3. The number of halogens is 2. The maximum atomic E-state index is 12.8. The van der Waals surface area contributed by atoms with Crippen LogP contribution in [0.3, 0.4) is 0 Å². The number of ether oxygens (including phenoxy) is 1. The summed E-state index contributed by atoms with van der Waals surface area (Å²) in [6.45, 7) is 1.70. The van der Waals surface area contributed by atoms with Crippen molar-refractivity contribution in [1.29, 1.82) is 0 Å². The normalized spacial score (nSPS) is 11.4. The lowest BCUT2D eigenvalue weighted by molar-refractivity contribution is -0.118. The molecule has 2 amide bonds. The zero-order chi connectivity index (χ0) is 21.5. The van der Waals surface area contributed by atoms with Gasteiger partial charge in [-0.3, -0.25) is 9.59 Å². The molecule has 0 fully saturated rings. The maximum absolute atomic E-state index is 12.8. The van der Waals surface area contributed by atoms with Gasteiger partial charge in [0, 0.05) is 5.02 Å². The Bertz CT molecular complexity index is 1040. The van der Waals surface area contributed by atoms with E-state index in [-0.39, 0.29) is 24.5 Å². The summed E-state index contributed by atoms with van der Waals surface area (Å²) in [5.74, 6) is -0.158. The molecule has 0 saturated carbocycles. The molecule has 1 atom stereocenters. The number of hydrogen-bond donors (Lipinski definition) is 2. The largest absolute Gasteiger partial charge is 0.483 e. The summed E-state index contributed by atoms with van der Waals surface area (Å²) < 4.78 is 6.18. The second-order valence-corrected chi connectivity index (χ2v) is 7.85. The van der Waals surface area contributed by atoms with Crippen molar-refractivity contribution in [2.75, 3.05) is 11.9 Å². The van der Waals surface area contributed by atoms with E-state index < -0.39 is 0 Å². The summed E-state index contributed by atoms with van der Waals surface area (Å²) in [5, 5.41) is 6.25. The van der Waals surface area contributed by atoms with Crippen LogP contribution < -0.4 is 15.4 Å². The first-order chi connectivity index (χ1) is 14.4. The fourth-order valence-electron chi connectivity index (χ4n) is 2.81. The molecule has 0 saturated heterocycles. The summed E-state index contributed by atoms with van der Waals surface area (Å²) in [6, 6.07) is 21.4. The Morgan fingerprint density at radius 2 is 1.73 bits per heavy atom. The molecule has 30 heavy (non-hydrogen) atoms. The lowest BCUT2D eigenvalue weighted by Gasteiger charge is -2.16. The van der Waals surface area contributed by atoms with E-state index in [1.54, 1.807) is 42.5 Å². The van der Waals surface area contributed by atoms with Gasteiger partial charge in [0.15, 0.2) is 6.61 Å². The second kappa shape index (κ2) is 10.3. The van der Waals surface area contributed by atoms with Crippen molar-refractivity contribution in [1.82, 2.24) is 5.32 Å². The highest BCUT2D eigenvalue weighted by molar-refractivity contribution is 9.10. The van der Waals surface area contributed by atoms with Crippen LogP contribution in [-0.2, 0) is 4.79 Å². The fourth-order valence-corrected chi connectivity index (χ4v) is 3.61. The summed E-state index contributed by atoms with van der Waals surface area (Å²) in [5.41, 5.74) is 1.79. The number of rotatable bonds is 7. The third-order valence-corrected chi connectivity index (χ3v) is 5.20. The number of carbonyl (C=O) groups is 2. The van der Waals surface area contributed by atoms with Crippen LogP contribution in [0, 0.1) is 0 Å². The zero-order valence-corrected chi connectivity index (χ0v) is 18.5. The van der Waals surface area contributed by atoms with Crippen molar-refractivity contribution in [3.8, 4) is 5.75 Å². The Kier molecular flexibility index (Phi) is 7.49. The van der Waals surface area contributed by atoms with Crippen molar-refractivity contribution >= 4 is 45.0 Å². The number of nitrogens with one attached hydrogen (secondary N) is 2. The van der Waals surface area contributed by atoms with Crippen LogP contribution in [0.5, 0.6) is 5.75 Å². The van der Waals surface area contributed by atoms with Gasteiger partial charge in [0.1, 0.15) is 5.75 Å². The minimum atomic E-state index is -0.381. The Morgan fingerprint density at radius 3 is 2.47 bits per heavy atom. The van der Waals surface area contributed by atoms with Crippen LogP contribution in [-0.4, -0.2) is 18.4 Å². The van der Waals surface area contributed by atoms with Gasteiger partial charge < -0.3 is 15.4 Å². The molecule has 0 radical (unpaired) electrons. The third kappa shape index (κ3) is 5.84. The molecule has 2 N–H and O–H groups in total. The average molecular weight is 488 g/mol. The summed E-state index contributed by atoms with van der Waals surface area (Å²) in [6.07, 6.45) is 0. The molecule has 154 valence electrons. The molecule has 0 unspecified atom stereocenters. The molecular formula is C23H20BrClN2O3. The predicted octanol–water partition coefficient (Wildman–Crippen LogP) is 5.61. The highest BCUT2D eigenvalue weighted by atomic mass is 79.9. The molecule has 0 aromatic heterocycles. The minimum Gasteiger partial charge on any atom is -0.483 e. The van der Waals surface area contributed by atoms with Crippen LogP contribution in [0.4, 0.5) is 5.69 Å². The zero-order valence-electron chi connectivity index (χ0n) is 16.2. The molecule has 3 aromatic carbocycles. The Hall–Kier alpha value is -2.83. The van der Waals surface area contributed by atoms with E-state index in [1.165, 1.54) is 0 Å². The molecule has 7 heteroatoms. The fraction of sp³-hybridized carbons (Fsp3) is 0.130. The Balaban J connectivity index is 1.64. The van der Waals surface area contributed by atoms with E-state index in [0.717, 1.165) is 5.56 Å². The molecule has 0 aliphatic carbocycles. The number of amides is 2. The number of carbonyl (C=O) groups excluding carboxylic acids is 2. The van der Waals surface area contributed by atoms with Crippen molar-refractivity contribution in [2.45, 2.75) is 13.0 Å². The Labute approximate surface area is 188 Å². The molecule has 0 heterocycles. The maximum Gasteiger partial charge on any atom is 0.262 e. The second-order valence-electron chi connectivity index (χ2n) is 6.56. The highest BCUT2D eigenvalue weighted by Crippen LogP contribution is 2.28. The van der Waals surface area contributed by atoms with Crippen molar-refractivity contribution in [3.05, 3.63) is 93.4 Å². The monoisotopic (exact) mass is 486 g/mol. The first-order valence-electron chi connectivity index (χ1n) is 9.26. The van der Waals surface area contributed by atoms with Crippen molar-refractivity contribution < 1.29 is 14.3 Å². The van der Waals surface area contributed by atoms with Crippen LogP contribution in [0.2, 0.25) is 5.02 Å². The summed E-state index contributed by atoms with van der Waals surface area (Å²) >= 11 is 9.25. The van der Waals surface area contributed by atoms with Crippen LogP contribution in [0.25, 0.3) is 0 Å². The van der Waals surface area contributed by atoms with E-state index in [9.17, 15) is 9.59 Å². The van der Waals surface area contributed by atoms with Gasteiger partial charge in [-0.1, -0.05) is 54.1 Å². The van der Waals surface area contributed by atoms with Gasteiger partial charge in [0.05, 0.1) is 21.8 Å². The predicted molar refractivity (Wildman–Crippen MR) is 122 cm³/mol. The van der Waals surface area contributed by atoms with Crippen LogP contribution in [0.15, 0.2) is 77.3 Å². The van der Waals surface area contributed by atoms with E-state index in [0.29, 0.717) is 26.5 Å². The topological polar surface area (TPSA) is 67.4 Å². The van der Waals surface area contributed by atoms with E-state index in [4.69, 9.17) is 16.3 Å². The lowest BCUT2D eigenvalue weighted by Crippen LogP contribution is -2.28. The molecule has 0 aliphatic heterocycles. The number of hydrogen-bond acceptors (Lipinski definition) is 3. The molecule has 3 aromatic rings. The van der Waals surface area contributed by atoms with Crippen molar-refractivity contribution in [3.63, 3.8) is 0 Å². The SMILES string of the molecule is C[C@@H](NC(=O)c1ccccc1NC(=O)COc1ccc(Cl)cc1Br)c1ccccc1. The van der Waals surface area contributed by atoms with Gasteiger partial charge in [-0.05, 0) is 58.7 Å². The first kappa shape index (κ1) is 21.9. The van der Waals surface area contributed by atoms with E-state index in [2.05, 4.69) is 26.6 Å². The standard InChI is InChI=1S/C23H20BrClN2O3/c1-15(16-7-3-2-4-8-16)26-23(29)18-9-5-6-10-20(18)27-22(28)14-30-21-12-11-17(25)13-19(21)24/h2-13,15H,14H2,1H3,(H,26,29)(H,27,28)/t15-/m1/s1. The van der Waals surface area contributed by atoms with Crippen molar-refractivity contribution in [2.24, 2.45) is 0 Å². The minimum absolute atomic E-state index is 0.173. The van der Waals surface area contributed by atoms with Gasteiger partial charge in [0.25, 0.3) is 11.8 Å². The smallest absolute Gasteiger partial charge is 0.262 e. The van der Waals surface area contributed by atoms with Gasteiger partial charge in [-0.2, -0.15) is 0 Å². The molecule has 0 bridgehead atoms. The van der Waals surface area contributed by atoms with E-state index in [1.807, 2.05) is 37.3 Å². The molecule has 0 aliphatic rings. The summed E-state index contributed by atoms with van der Waals surface area (Å²) in [7, 11) is 0. The first-order valence-corrected chi connectivity index (χ1v) is 10.4. The van der Waals surface area contributed by atoms with Crippen LogP contribution >= 0.6 is 27.5 Å². The van der Waals surface area contributed by atoms with Gasteiger partial charge in [0.2, 0.25) is 0 Å². The van der Waals surface area contributed by atoms with Gasteiger partial charge in [-0.25, -0.2) is 0 Å². The average Bonchev–Trinajstić information content (AvgIpc) is 2.74. The number of anilines is 1. The lowest BCUT2D eigenvalue weighted by atomic mass is 10.1. The third-order valence-electron chi connectivity index (χ3n) is 4.35. The molecule has 3 rings (SSSR count). The quantitative estimate of drug-likeness (QED) is 0.455. The van der Waals surface area contributed by atoms with Crippen LogP contribution in [0.1, 0.15) is 28.9 Å². The Morgan fingerprint density at radius 1 is 1.03 bits per heavy atom. The van der Waals surface area contributed by atoms with Gasteiger partial charge >= 0.3 is 0 Å². The number of para-hydroxylation sites is 1. The van der Waals surface area contributed by atoms with E-state index >= 15 is 0 Å². The molecule has 0 spiro atoms.